The molecule has 15 heavy (non-hydrogen) atoms. The molecule has 80 valence electrons. The van der Waals surface area contributed by atoms with Gasteiger partial charge in [-0.3, -0.25) is 4.79 Å². The number of carbonyl (C=O) groups is 1. The molecule has 0 aliphatic rings. The van der Waals surface area contributed by atoms with Crippen LogP contribution in [-0.4, -0.2) is 25.2 Å². The van der Waals surface area contributed by atoms with E-state index in [1.807, 2.05) is 49.3 Å². The average molecular weight is 205 g/mol. The van der Waals surface area contributed by atoms with Gasteiger partial charge in [0.1, 0.15) is 0 Å². The highest BCUT2D eigenvalue weighted by atomic mass is 16.4. The Morgan fingerprint density at radius 3 is 2.40 bits per heavy atom. The van der Waals surface area contributed by atoms with E-state index in [-0.39, 0.29) is 6.42 Å². The van der Waals surface area contributed by atoms with Crippen LogP contribution in [0, 0.1) is 0 Å². The molecule has 0 aliphatic carbocycles. The van der Waals surface area contributed by atoms with Gasteiger partial charge in [-0.1, -0.05) is 24.3 Å². The predicted molar refractivity (Wildman–Crippen MR) is 62.1 cm³/mol. The highest BCUT2D eigenvalue weighted by molar-refractivity contribution is 5.70. The standard InChI is InChI=1S/C12H15NO2/c1-13(2)11-8-6-10(7-9-11)4-3-5-12(14)15/h3-4,6-9H,5H2,1-2H3,(H,14,15). The maximum atomic E-state index is 10.3. The molecular weight excluding hydrogens is 190 g/mol. The van der Waals surface area contributed by atoms with Crippen LogP contribution in [0.2, 0.25) is 0 Å². The third kappa shape index (κ3) is 3.85. The first-order valence-electron chi connectivity index (χ1n) is 4.75. The number of carboxylic acid groups (broad SMARTS) is 1. The number of hydrogen-bond acceptors (Lipinski definition) is 2. The monoisotopic (exact) mass is 205 g/mol. The molecule has 0 heterocycles. The zero-order valence-electron chi connectivity index (χ0n) is 8.97. The molecule has 1 aromatic rings. The second-order valence-corrected chi connectivity index (χ2v) is 3.49. The van der Waals surface area contributed by atoms with Crippen LogP contribution in [0.4, 0.5) is 5.69 Å². The molecule has 0 atom stereocenters. The minimum absolute atomic E-state index is 0.0649. The van der Waals surface area contributed by atoms with E-state index in [0.29, 0.717) is 0 Å². The third-order valence-corrected chi connectivity index (χ3v) is 2.01. The Hall–Kier alpha value is -1.77. The van der Waals surface area contributed by atoms with Gasteiger partial charge in [0.05, 0.1) is 6.42 Å². The zero-order chi connectivity index (χ0) is 11.3. The van der Waals surface area contributed by atoms with Gasteiger partial charge in [0.15, 0.2) is 0 Å². The Labute approximate surface area is 89.6 Å². The van der Waals surface area contributed by atoms with Crippen LogP contribution < -0.4 is 4.90 Å². The van der Waals surface area contributed by atoms with Gasteiger partial charge in [-0.25, -0.2) is 0 Å². The Morgan fingerprint density at radius 2 is 1.93 bits per heavy atom. The maximum absolute atomic E-state index is 10.3. The average Bonchev–Trinajstić information content (AvgIpc) is 2.18. The van der Waals surface area contributed by atoms with Crippen LogP contribution in [0.3, 0.4) is 0 Å². The first-order valence-corrected chi connectivity index (χ1v) is 4.75. The third-order valence-electron chi connectivity index (χ3n) is 2.01. The van der Waals surface area contributed by atoms with Gasteiger partial charge in [0.2, 0.25) is 0 Å². The first kappa shape index (κ1) is 11.3. The number of nitrogens with zero attached hydrogens (tertiary/aromatic N) is 1. The molecule has 1 aromatic carbocycles. The van der Waals surface area contributed by atoms with Crippen molar-refractivity contribution in [1.29, 1.82) is 0 Å². The minimum atomic E-state index is -0.809. The van der Waals surface area contributed by atoms with Crippen molar-refractivity contribution in [3.63, 3.8) is 0 Å². The Bertz CT molecular complexity index is 352. The number of hydrogen-bond donors (Lipinski definition) is 1. The van der Waals surface area contributed by atoms with Crippen LogP contribution >= 0.6 is 0 Å². The Morgan fingerprint density at radius 1 is 1.33 bits per heavy atom. The number of rotatable bonds is 4. The summed E-state index contributed by atoms with van der Waals surface area (Å²) in [5, 5.41) is 8.45. The second-order valence-electron chi connectivity index (χ2n) is 3.49. The van der Waals surface area contributed by atoms with Crippen molar-refractivity contribution >= 4 is 17.7 Å². The first-order chi connectivity index (χ1) is 7.09. The highest BCUT2D eigenvalue weighted by Crippen LogP contribution is 2.13. The molecule has 0 bridgehead atoms. The van der Waals surface area contributed by atoms with E-state index in [0.717, 1.165) is 11.3 Å². The van der Waals surface area contributed by atoms with E-state index in [2.05, 4.69) is 0 Å². The molecule has 3 nitrogen and oxygen atoms in total. The molecule has 0 fully saturated rings. The fourth-order valence-electron chi connectivity index (χ4n) is 1.18. The molecule has 0 aliphatic heterocycles. The highest BCUT2D eigenvalue weighted by Gasteiger charge is 1.94. The van der Waals surface area contributed by atoms with E-state index in [1.165, 1.54) is 0 Å². The number of aliphatic carboxylic acids is 1. The van der Waals surface area contributed by atoms with Crippen molar-refractivity contribution in [2.75, 3.05) is 19.0 Å². The topological polar surface area (TPSA) is 40.5 Å². The molecule has 1 rings (SSSR count). The smallest absolute Gasteiger partial charge is 0.307 e. The summed E-state index contributed by atoms with van der Waals surface area (Å²) in [7, 11) is 3.96. The number of carboxylic acids is 1. The summed E-state index contributed by atoms with van der Waals surface area (Å²) >= 11 is 0. The molecule has 0 saturated heterocycles. The van der Waals surface area contributed by atoms with Crippen LogP contribution in [0.1, 0.15) is 12.0 Å². The summed E-state index contributed by atoms with van der Waals surface area (Å²) in [5.74, 6) is -0.809. The van der Waals surface area contributed by atoms with E-state index in [1.54, 1.807) is 6.08 Å². The zero-order valence-corrected chi connectivity index (χ0v) is 8.97. The van der Waals surface area contributed by atoms with Gasteiger partial charge in [0.25, 0.3) is 0 Å². The van der Waals surface area contributed by atoms with Gasteiger partial charge in [-0.05, 0) is 17.7 Å². The summed E-state index contributed by atoms with van der Waals surface area (Å²) in [6.45, 7) is 0. The normalized spacial score (nSPS) is 10.5. The van der Waals surface area contributed by atoms with Gasteiger partial charge >= 0.3 is 5.97 Å². The molecule has 0 radical (unpaired) electrons. The van der Waals surface area contributed by atoms with Crippen molar-refractivity contribution in [3.05, 3.63) is 35.9 Å². The van der Waals surface area contributed by atoms with E-state index in [4.69, 9.17) is 5.11 Å². The van der Waals surface area contributed by atoms with Gasteiger partial charge < -0.3 is 10.0 Å². The lowest BCUT2D eigenvalue weighted by atomic mass is 10.2. The van der Waals surface area contributed by atoms with Crippen LogP contribution in [0.15, 0.2) is 30.3 Å². The molecule has 0 amide bonds. The summed E-state index contributed by atoms with van der Waals surface area (Å²) in [6.07, 6.45) is 3.52. The van der Waals surface area contributed by atoms with Gasteiger partial charge in [-0.2, -0.15) is 0 Å². The van der Waals surface area contributed by atoms with Crippen LogP contribution in [-0.2, 0) is 4.79 Å². The summed E-state index contributed by atoms with van der Waals surface area (Å²) in [6, 6.07) is 7.93. The fourth-order valence-corrected chi connectivity index (χ4v) is 1.18. The molecular formula is C12H15NO2. The summed E-state index contributed by atoms with van der Waals surface area (Å²) < 4.78 is 0. The lowest BCUT2D eigenvalue weighted by Gasteiger charge is -2.11. The lowest BCUT2D eigenvalue weighted by molar-refractivity contribution is -0.135. The molecule has 0 unspecified atom stereocenters. The molecule has 3 heteroatoms. The lowest BCUT2D eigenvalue weighted by Crippen LogP contribution is -2.07. The summed E-state index contributed by atoms with van der Waals surface area (Å²) in [5.41, 5.74) is 2.15. The molecule has 0 aromatic heterocycles. The van der Waals surface area contributed by atoms with Gasteiger partial charge in [-0.15, -0.1) is 0 Å². The Balaban J connectivity index is 2.64. The summed E-state index contributed by atoms with van der Waals surface area (Å²) in [4.78, 5) is 12.3. The van der Waals surface area contributed by atoms with Crippen LogP contribution in [0.5, 0.6) is 0 Å². The van der Waals surface area contributed by atoms with Crippen molar-refractivity contribution in [1.82, 2.24) is 0 Å². The van der Waals surface area contributed by atoms with Crippen molar-refractivity contribution in [3.8, 4) is 0 Å². The number of anilines is 1. The van der Waals surface area contributed by atoms with Crippen LogP contribution in [0.25, 0.3) is 6.08 Å². The van der Waals surface area contributed by atoms with E-state index >= 15 is 0 Å². The molecule has 0 spiro atoms. The van der Waals surface area contributed by atoms with Gasteiger partial charge in [0, 0.05) is 19.8 Å². The largest absolute Gasteiger partial charge is 0.481 e. The SMILES string of the molecule is CN(C)c1ccc(C=CCC(=O)O)cc1. The minimum Gasteiger partial charge on any atom is -0.481 e. The van der Waals surface area contributed by atoms with Crippen molar-refractivity contribution in [2.24, 2.45) is 0 Å². The van der Waals surface area contributed by atoms with E-state index < -0.39 is 5.97 Å². The molecule has 1 N–H and O–H groups in total. The molecule has 0 saturated carbocycles. The fraction of sp³-hybridized carbons (Fsp3) is 0.250. The maximum Gasteiger partial charge on any atom is 0.307 e. The quantitative estimate of drug-likeness (QED) is 0.819. The van der Waals surface area contributed by atoms with Crippen molar-refractivity contribution in [2.45, 2.75) is 6.42 Å². The second kappa shape index (κ2) is 5.20. The van der Waals surface area contributed by atoms with Crippen molar-refractivity contribution < 1.29 is 9.90 Å². The Kier molecular flexibility index (Phi) is 3.92. The van der Waals surface area contributed by atoms with E-state index in [9.17, 15) is 4.79 Å². The predicted octanol–water partition coefficient (Wildman–Crippen LogP) is 2.24. The number of benzene rings is 1.